The van der Waals surface area contributed by atoms with Crippen molar-refractivity contribution in [2.45, 2.75) is 223 Å². The van der Waals surface area contributed by atoms with Crippen molar-refractivity contribution in [3.63, 3.8) is 0 Å². The van der Waals surface area contributed by atoms with Gasteiger partial charge in [0.25, 0.3) is 34.8 Å². The van der Waals surface area contributed by atoms with Crippen LogP contribution in [0.1, 0.15) is 271 Å². The van der Waals surface area contributed by atoms with Crippen LogP contribution in [0.5, 0.6) is 0 Å². The normalized spacial score (nSPS) is 22.1. The molecular weight excluding hydrogens is 1680 g/mol. The zero-order chi connectivity index (χ0) is 87.7. The lowest BCUT2D eigenvalue weighted by Gasteiger charge is -2.46. The Labute approximate surface area is 746 Å². The number of guanidine groups is 1. The van der Waals surface area contributed by atoms with Crippen molar-refractivity contribution in [2.75, 3.05) is 31.6 Å². The molecule has 30 heteroatoms. The summed E-state index contributed by atoms with van der Waals surface area (Å²) in [5, 5.41) is 34.2. The van der Waals surface area contributed by atoms with Crippen molar-refractivity contribution >= 4 is 145 Å². The standard InChI is InChI=1S/C28H31Cl2N7O2.C27H29Cl3N2O2.C27H30Cl2N2O3.C6H15N.C2H4N4.CH4/c1-16(17-5-7-18(8-6-17)24(38)31-26-33-35-36-34-26)37-25(39)23(19-13-21(29)15-22(30)14-19)32-28(37)11-9-20(10-12-28)27(2,3)4;1-16(17-5-7-18(8-6-17)24(30)33)32-25(34)23(19-13-21(28)15-22(29)14-19)31-27(32)11-9-20(10-12-27)26(2,3)4;1-16(17-5-7-18(8-6-17)25(33)34)31-24(32)23(19-13-21(28)15-22(29)14-19)30-27(31)11-9-20(10-12-27)26(2,3)4;1-4-7(5-2)6-3;3-2-4-1-5-6-2;/h5-8,13-16,20H,9-12H2,1-4H3,(H2,31,33,34,35,36,38);5-8,13-16,20H,9-12H2,1-4H3;5-8,13-16,20H,9-12H2,1-4H3,(H,33,34);4-6H2,1-3H3;1H2,(H2,3,4);1H4/t16-,20?,28?;2*16-,20?,27?;;;/m111.../s1. The van der Waals surface area contributed by atoms with Crippen LogP contribution in [0.2, 0.25) is 30.1 Å². The fraction of sp³-hybridized carbons (Fsp3) is 0.484. The van der Waals surface area contributed by atoms with Gasteiger partial charge in [-0.1, -0.05) is 202 Å². The van der Waals surface area contributed by atoms with E-state index in [0.717, 1.165) is 93.7 Å². The fourth-order valence-corrected chi connectivity index (χ4v) is 19.1. The molecule has 3 saturated carbocycles. The van der Waals surface area contributed by atoms with Gasteiger partial charge in [0, 0.05) is 58.0 Å². The number of hydrogen-bond donors (Lipinski definition) is 4. The molecule has 0 saturated heterocycles. The maximum Gasteiger partial charge on any atom is 0.335 e. The lowest BCUT2D eigenvalue weighted by molar-refractivity contribution is -0.133. The van der Waals surface area contributed by atoms with Crippen molar-refractivity contribution in [3.05, 3.63) is 208 Å². The maximum atomic E-state index is 14.1. The van der Waals surface area contributed by atoms with Crippen molar-refractivity contribution < 1.29 is 33.9 Å². The first-order valence-corrected chi connectivity index (χ1v) is 43.6. The number of carbonyl (C=O) groups is 6. The molecule has 3 spiro atoms. The smallest absolute Gasteiger partial charge is 0.335 e. The summed E-state index contributed by atoms with van der Waals surface area (Å²) in [6, 6.07) is 35.6. The van der Waals surface area contributed by atoms with Gasteiger partial charge >= 0.3 is 5.97 Å². The van der Waals surface area contributed by atoms with Crippen LogP contribution in [0.25, 0.3) is 0 Å². The molecule has 14 rings (SSSR count). The van der Waals surface area contributed by atoms with Crippen LogP contribution in [0.3, 0.4) is 0 Å². The number of nitrogens with one attached hydrogen (secondary N) is 2. The first-order chi connectivity index (χ1) is 56.5. The van der Waals surface area contributed by atoms with Gasteiger partial charge in [0.05, 0.1) is 23.7 Å². The van der Waals surface area contributed by atoms with Gasteiger partial charge in [-0.25, -0.2) is 9.79 Å². The van der Waals surface area contributed by atoms with E-state index in [1.165, 1.54) is 19.6 Å². The molecule has 23 nitrogen and oxygen atoms in total. The van der Waals surface area contributed by atoms with Crippen LogP contribution < -0.4 is 11.1 Å². The van der Waals surface area contributed by atoms with Gasteiger partial charge in [0.15, 0.2) is 6.67 Å². The van der Waals surface area contributed by atoms with Crippen LogP contribution in [0, 0.1) is 34.0 Å². The fourth-order valence-electron chi connectivity index (χ4n) is 17.4. The van der Waals surface area contributed by atoms with E-state index in [9.17, 15) is 33.9 Å². The van der Waals surface area contributed by atoms with Crippen LogP contribution in [-0.4, -0.2) is 147 Å². The Morgan fingerprint density at radius 3 is 1.02 bits per heavy atom. The van der Waals surface area contributed by atoms with Crippen molar-refractivity contribution in [1.82, 2.24) is 40.2 Å². The minimum absolute atomic E-state index is 0. The van der Waals surface area contributed by atoms with E-state index in [0.29, 0.717) is 99.5 Å². The maximum absolute atomic E-state index is 14.1. The number of aromatic carboxylic acids is 1. The third-order valence-corrected chi connectivity index (χ3v) is 26.0. The number of carboxylic acid groups (broad SMARTS) is 1. The zero-order valence-corrected chi connectivity index (χ0v) is 76.1. The largest absolute Gasteiger partial charge is 0.478 e. The summed E-state index contributed by atoms with van der Waals surface area (Å²) in [4.78, 5) is 104. The number of tetrazole rings is 1. The summed E-state index contributed by atoms with van der Waals surface area (Å²) in [5.74, 6) is 0.305. The molecule has 5 heterocycles. The Morgan fingerprint density at radius 1 is 0.504 bits per heavy atom. The average molecular weight is 1790 g/mol. The number of amides is 4. The molecule has 4 amide bonds. The van der Waals surface area contributed by atoms with Gasteiger partial charge in [-0.15, -0.1) is 10.2 Å². The summed E-state index contributed by atoms with van der Waals surface area (Å²) in [7, 11) is 0. The molecule has 7 aromatic rings. The number of aliphatic imine (C=N–C) groups is 4. The Kier molecular flexibility index (Phi) is 32.2. The second kappa shape index (κ2) is 40.4. The highest BCUT2D eigenvalue weighted by atomic mass is 35.5. The van der Waals surface area contributed by atoms with Crippen molar-refractivity contribution in [2.24, 2.45) is 69.9 Å². The van der Waals surface area contributed by atoms with E-state index in [4.69, 9.17) is 102 Å². The second-order valence-corrected chi connectivity index (χ2v) is 37.9. The molecule has 1 aromatic heterocycles. The first kappa shape index (κ1) is 96.3. The summed E-state index contributed by atoms with van der Waals surface area (Å²) >= 11 is 43.2. The van der Waals surface area contributed by atoms with Crippen LogP contribution >= 0.6 is 81.2 Å². The van der Waals surface area contributed by atoms with Crippen LogP contribution in [0.15, 0.2) is 158 Å². The van der Waals surface area contributed by atoms with E-state index >= 15 is 0 Å². The number of benzene rings is 6. The molecule has 6 aromatic carbocycles. The Hall–Kier alpha value is -8.52. The lowest BCUT2D eigenvalue weighted by Crippen LogP contribution is -2.50. The molecule has 0 radical (unpaired) electrons. The first-order valence-electron chi connectivity index (χ1n) is 40.9. The van der Waals surface area contributed by atoms with E-state index in [2.05, 4.69) is 129 Å². The number of anilines is 1. The van der Waals surface area contributed by atoms with Crippen LogP contribution in [-0.2, 0) is 14.4 Å². The topological polar surface area (TPSA) is 302 Å². The third kappa shape index (κ3) is 23.1. The lowest BCUT2D eigenvalue weighted by atomic mass is 9.69. The number of hydrogen-bond acceptors (Lipinski definition) is 17. The molecule has 3 aliphatic carbocycles. The minimum atomic E-state index is -0.975. The number of nitrogens with zero attached hydrogens (tertiary/aromatic N) is 13. The molecule has 0 unspecified atom stereocenters. The van der Waals surface area contributed by atoms with E-state index in [1.807, 2.05) is 59.7 Å². The van der Waals surface area contributed by atoms with E-state index in [1.54, 1.807) is 103 Å². The summed E-state index contributed by atoms with van der Waals surface area (Å²) in [6.45, 7) is 37.0. The number of azo groups is 1. The number of rotatable bonds is 16. The molecule has 0 bridgehead atoms. The van der Waals surface area contributed by atoms with E-state index < -0.39 is 28.2 Å². The number of halogens is 7. The minimum Gasteiger partial charge on any atom is -0.478 e. The number of aromatic amines is 1. The molecule has 7 aliphatic rings. The van der Waals surface area contributed by atoms with Gasteiger partial charge in [-0.3, -0.25) is 44.3 Å². The number of H-pyrrole nitrogens is 1. The third-order valence-electron chi connectivity index (χ3n) is 24.5. The quantitative estimate of drug-likeness (QED) is 0.0657. The van der Waals surface area contributed by atoms with Crippen molar-refractivity contribution in [3.8, 4) is 0 Å². The molecular formula is C91H113Cl7N16O7. The summed E-state index contributed by atoms with van der Waals surface area (Å²) < 4.78 is 0. The van der Waals surface area contributed by atoms with Gasteiger partial charge in [-0.2, -0.15) is 10.3 Å². The number of carbonyl (C=O) groups excluding carboxylic acids is 5. The molecule has 4 aliphatic heterocycles. The predicted octanol–water partition coefficient (Wildman–Crippen LogP) is 22.5. The number of carboxylic acids is 1. The van der Waals surface area contributed by atoms with Crippen molar-refractivity contribution in [1.29, 1.82) is 0 Å². The Bertz CT molecular complexity index is 4760. The highest BCUT2D eigenvalue weighted by Gasteiger charge is 2.55. The SMILES string of the molecule is C.CCN(CC)CC.C[C@H](c1ccc(C(=O)Cl)cc1)N1C(=O)C(c2cc(Cl)cc(Cl)c2)=NC12CCC(C(C)(C)C)CC2.C[C@H](c1ccc(C(=O)Nc2nn[nH]n2)cc1)N1C(=O)C(c2cc(Cl)cc(Cl)c2)=NC12CCC(C(C)(C)C)CC2.C[C@H](c1ccc(C(=O)O)cc1)N1C(=O)C(c2cc(Cl)cc(Cl)c2)=NC12CCC(C(C)(C)C)CC2.NC1=NCN=N1. The number of aromatic nitrogens is 4. The monoisotopic (exact) mass is 1790 g/mol. The molecule has 3 atom stereocenters. The van der Waals surface area contributed by atoms with Gasteiger partial charge in [0.1, 0.15) is 34.1 Å². The summed E-state index contributed by atoms with van der Waals surface area (Å²) in [6.07, 6.45) is 10.6. The summed E-state index contributed by atoms with van der Waals surface area (Å²) in [5.41, 5.74) is 10.5. The molecule has 5 N–H and O–H groups in total. The number of nitrogens with two attached hydrogens (primary N) is 1. The highest BCUT2D eigenvalue weighted by molar-refractivity contribution is 6.67. The van der Waals surface area contributed by atoms with Gasteiger partial charge in [0.2, 0.25) is 5.96 Å². The average Bonchev–Trinajstić information content (AvgIpc) is 1.60. The molecule has 648 valence electrons. The van der Waals surface area contributed by atoms with E-state index in [-0.39, 0.29) is 82.9 Å². The second-order valence-electron chi connectivity index (χ2n) is 34.9. The Morgan fingerprint density at radius 2 is 0.802 bits per heavy atom. The molecule has 121 heavy (non-hydrogen) atoms. The van der Waals surface area contributed by atoms with Gasteiger partial charge in [-0.05, 0) is 276 Å². The van der Waals surface area contributed by atoms with Crippen LogP contribution in [0.4, 0.5) is 5.95 Å². The molecule has 3 fully saturated rings. The Balaban J connectivity index is 0.000000191. The highest BCUT2D eigenvalue weighted by Crippen LogP contribution is 2.53. The predicted molar refractivity (Wildman–Crippen MR) is 487 cm³/mol. The van der Waals surface area contributed by atoms with Gasteiger partial charge < -0.3 is 30.4 Å². The zero-order valence-electron chi connectivity index (χ0n) is 70.8.